The second-order valence-electron chi connectivity index (χ2n) is 5.61. The van der Waals surface area contributed by atoms with E-state index >= 15 is 0 Å². The highest BCUT2D eigenvalue weighted by atomic mass is 14.6. The maximum Gasteiger partial charge on any atom is -0.0168 e. The Hall–Kier alpha value is -0.260. The molecule has 2 fully saturated rings. The summed E-state index contributed by atoms with van der Waals surface area (Å²) in [6.07, 6.45) is 10.8. The van der Waals surface area contributed by atoms with Gasteiger partial charge < -0.3 is 0 Å². The average Bonchev–Trinajstić information content (AvgIpc) is 2.86. The molecule has 0 heterocycles. The summed E-state index contributed by atoms with van der Waals surface area (Å²) in [6, 6.07) is 0. The van der Waals surface area contributed by atoms with E-state index in [2.05, 4.69) is 26.0 Å². The molecule has 0 aromatic carbocycles. The molecule has 0 aromatic rings. The van der Waals surface area contributed by atoms with Crippen LogP contribution in [0.2, 0.25) is 0 Å². The molecule has 3 aliphatic carbocycles. The fraction of sp³-hybridized carbons (Fsp3) is 0.857. The summed E-state index contributed by atoms with van der Waals surface area (Å²) in [5.74, 6) is 6.36. The molecule has 3 rings (SSSR count). The molecular weight excluding hydrogens is 168 g/mol. The Labute approximate surface area is 87.8 Å². The minimum absolute atomic E-state index is 0.993. The molecule has 6 atom stereocenters. The van der Waals surface area contributed by atoms with Gasteiger partial charge in [0.1, 0.15) is 0 Å². The Balaban J connectivity index is 1.88. The number of rotatable bonds is 2. The van der Waals surface area contributed by atoms with Crippen molar-refractivity contribution in [1.82, 2.24) is 0 Å². The van der Waals surface area contributed by atoms with Crippen LogP contribution in [-0.4, -0.2) is 0 Å². The number of hydrogen-bond acceptors (Lipinski definition) is 0. The lowest BCUT2D eigenvalue weighted by Gasteiger charge is -2.37. The van der Waals surface area contributed by atoms with Gasteiger partial charge in [-0.05, 0) is 48.3 Å². The van der Waals surface area contributed by atoms with E-state index in [0.717, 1.165) is 35.5 Å². The van der Waals surface area contributed by atoms with Gasteiger partial charge in [-0.3, -0.25) is 0 Å². The van der Waals surface area contributed by atoms with E-state index in [1.165, 1.54) is 19.3 Å². The standard InChI is InChI=1S/C14H22/c1-3-9-10(4-2)14-8-13(9)11-6-5-7-12(11)14/h5-6,9-14H,3-4,7-8H2,1-2H3. The van der Waals surface area contributed by atoms with Crippen molar-refractivity contribution in [2.75, 3.05) is 0 Å². The molecule has 14 heavy (non-hydrogen) atoms. The molecular formula is C14H22. The van der Waals surface area contributed by atoms with Gasteiger partial charge >= 0.3 is 0 Å². The normalized spacial score (nSPS) is 54.1. The van der Waals surface area contributed by atoms with Crippen molar-refractivity contribution >= 4 is 0 Å². The summed E-state index contributed by atoms with van der Waals surface area (Å²) in [6.45, 7) is 4.81. The molecule has 0 aromatic heterocycles. The first-order valence-electron chi connectivity index (χ1n) is 6.53. The van der Waals surface area contributed by atoms with Crippen LogP contribution in [-0.2, 0) is 0 Å². The maximum atomic E-state index is 2.55. The van der Waals surface area contributed by atoms with Gasteiger partial charge in [0.25, 0.3) is 0 Å². The topological polar surface area (TPSA) is 0 Å². The Bertz CT molecular complexity index is 253. The first kappa shape index (κ1) is 9.00. The van der Waals surface area contributed by atoms with E-state index < -0.39 is 0 Å². The van der Waals surface area contributed by atoms with Crippen LogP contribution >= 0.6 is 0 Å². The first-order valence-corrected chi connectivity index (χ1v) is 6.53. The second-order valence-corrected chi connectivity index (χ2v) is 5.61. The van der Waals surface area contributed by atoms with E-state index in [4.69, 9.17) is 0 Å². The Kier molecular flexibility index (Phi) is 2.00. The van der Waals surface area contributed by atoms with Gasteiger partial charge in [0, 0.05) is 0 Å². The van der Waals surface area contributed by atoms with E-state index in [-0.39, 0.29) is 0 Å². The predicted octanol–water partition coefficient (Wildman–Crippen LogP) is 3.88. The SMILES string of the molecule is CCC1C2CC(C3CC=CC23)C1CC. The van der Waals surface area contributed by atoms with Crippen LogP contribution in [0.5, 0.6) is 0 Å². The lowest BCUT2D eigenvalue weighted by Crippen LogP contribution is -2.31. The molecule has 3 aliphatic rings. The van der Waals surface area contributed by atoms with Crippen LogP contribution in [0.15, 0.2) is 12.2 Å². The van der Waals surface area contributed by atoms with Crippen LogP contribution in [0.25, 0.3) is 0 Å². The molecule has 0 heteroatoms. The molecule has 0 amide bonds. The third-order valence-corrected chi connectivity index (χ3v) is 5.44. The molecule has 0 aliphatic heterocycles. The van der Waals surface area contributed by atoms with Crippen molar-refractivity contribution in [2.45, 2.75) is 39.5 Å². The van der Waals surface area contributed by atoms with Gasteiger partial charge in [0.15, 0.2) is 0 Å². The lowest BCUT2D eigenvalue weighted by atomic mass is 9.68. The molecule has 78 valence electrons. The van der Waals surface area contributed by atoms with Gasteiger partial charge in [-0.1, -0.05) is 38.8 Å². The van der Waals surface area contributed by atoms with Crippen molar-refractivity contribution in [1.29, 1.82) is 0 Å². The number of fused-ring (bicyclic) bond motifs is 5. The summed E-state index contributed by atoms with van der Waals surface area (Å²) >= 11 is 0. The maximum absolute atomic E-state index is 2.55. The zero-order valence-corrected chi connectivity index (χ0v) is 9.45. The summed E-state index contributed by atoms with van der Waals surface area (Å²) in [4.78, 5) is 0. The van der Waals surface area contributed by atoms with Crippen molar-refractivity contribution in [3.8, 4) is 0 Å². The van der Waals surface area contributed by atoms with Crippen molar-refractivity contribution < 1.29 is 0 Å². The summed E-state index contributed by atoms with van der Waals surface area (Å²) in [7, 11) is 0. The van der Waals surface area contributed by atoms with Crippen molar-refractivity contribution in [3.05, 3.63) is 12.2 Å². The van der Waals surface area contributed by atoms with E-state index in [9.17, 15) is 0 Å². The molecule has 2 bridgehead atoms. The van der Waals surface area contributed by atoms with E-state index in [1.54, 1.807) is 6.42 Å². The lowest BCUT2D eigenvalue weighted by molar-refractivity contribution is 0.124. The predicted molar refractivity (Wildman–Crippen MR) is 59.9 cm³/mol. The Morgan fingerprint density at radius 2 is 1.71 bits per heavy atom. The van der Waals surface area contributed by atoms with Gasteiger partial charge in [-0.25, -0.2) is 0 Å². The first-order chi connectivity index (χ1) is 6.86. The van der Waals surface area contributed by atoms with Gasteiger partial charge in [-0.15, -0.1) is 0 Å². The summed E-state index contributed by atoms with van der Waals surface area (Å²) in [5, 5.41) is 0. The summed E-state index contributed by atoms with van der Waals surface area (Å²) in [5.41, 5.74) is 0. The molecule has 0 saturated heterocycles. The molecule has 0 spiro atoms. The quantitative estimate of drug-likeness (QED) is 0.580. The minimum Gasteiger partial charge on any atom is -0.0879 e. The minimum atomic E-state index is 0.993. The van der Waals surface area contributed by atoms with Crippen molar-refractivity contribution in [3.63, 3.8) is 0 Å². The highest BCUT2D eigenvalue weighted by Crippen LogP contribution is 2.62. The molecule has 6 unspecified atom stereocenters. The number of allylic oxidation sites excluding steroid dienone is 2. The smallest absolute Gasteiger partial charge is 0.0168 e. The van der Waals surface area contributed by atoms with Crippen LogP contribution in [0.3, 0.4) is 0 Å². The highest BCUT2D eigenvalue weighted by Gasteiger charge is 2.55. The van der Waals surface area contributed by atoms with Gasteiger partial charge in [0.05, 0.1) is 0 Å². The van der Waals surface area contributed by atoms with Gasteiger partial charge in [0.2, 0.25) is 0 Å². The number of hydrogen-bond donors (Lipinski definition) is 0. The van der Waals surface area contributed by atoms with Crippen LogP contribution < -0.4 is 0 Å². The molecule has 0 N–H and O–H groups in total. The Morgan fingerprint density at radius 3 is 2.43 bits per heavy atom. The van der Waals surface area contributed by atoms with Crippen LogP contribution in [0.1, 0.15) is 39.5 Å². The van der Waals surface area contributed by atoms with E-state index in [0.29, 0.717) is 0 Å². The third-order valence-electron chi connectivity index (χ3n) is 5.44. The Morgan fingerprint density at radius 1 is 1.00 bits per heavy atom. The zero-order valence-electron chi connectivity index (χ0n) is 9.45. The fourth-order valence-electron chi connectivity index (χ4n) is 5.06. The fourth-order valence-corrected chi connectivity index (χ4v) is 5.06. The highest BCUT2D eigenvalue weighted by molar-refractivity contribution is 5.15. The zero-order chi connectivity index (χ0) is 9.71. The molecule has 0 radical (unpaired) electrons. The third kappa shape index (κ3) is 0.951. The van der Waals surface area contributed by atoms with Crippen molar-refractivity contribution in [2.24, 2.45) is 35.5 Å². The average molecular weight is 190 g/mol. The largest absolute Gasteiger partial charge is 0.0879 e. The van der Waals surface area contributed by atoms with E-state index in [1.807, 2.05) is 0 Å². The molecule has 0 nitrogen and oxygen atoms in total. The van der Waals surface area contributed by atoms with Crippen LogP contribution in [0.4, 0.5) is 0 Å². The van der Waals surface area contributed by atoms with Crippen LogP contribution in [0, 0.1) is 35.5 Å². The monoisotopic (exact) mass is 190 g/mol. The second kappa shape index (κ2) is 3.12. The van der Waals surface area contributed by atoms with Gasteiger partial charge in [-0.2, -0.15) is 0 Å². The summed E-state index contributed by atoms with van der Waals surface area (Å²) < 4.78 is 0. The molecule has 2 saturated carbocycles.